The molecule has 4 N–H and O–H groups in total. The monoisotopic (exact) mass is 260 g/mol. The number of urea groups is 1. The summed E-state index contributed by atoms with van der Waals surface area (Å²) in [6, 6.07) is -0.514. The Hall–Kier alpha value is -1.34. The lowest BCUT2D eigenvalue weighted by atomic mass is 9.80. The number of carbonyl (C=O) groups excluding carboxylic acids is 1. The Morgan fingerprint density at radius 3 is 2.39 bits per heavy atom. The number of hydrogen-bond acceptors (Lipinski definition) is 4. The molecule has 1 fully saturated rings. The molecule has 0 heterocycles. The zero-order valence-corrected chi connectivity index (χ0v) is 10.7. The van der Waals surface area contributed by atoms with Gasteiger partial charge in [-0.2, -0.15) is 0 Å². The molecule has 18 heavy (non-hydrogen) atoms. The number of amides is 2. The molecule has 0 saturated heterocycles. The van der Waals surface area contributed by atoms with Crippen LogP contribution in [0.15, 0.2) is 0 Å². The van der Waals surface area contributed by atoms with Gasteiger partial charge in [-0.3, -0.25) is 0 Å². The van der Waals surface area contributed by atoms with Crippen molar-refractivity contribution in [2.75, 3.05) is 20.2 Å². The minimum Gasteiger partial charge on any atom is -0.479 e. The fraction of sp³-hybridized carbons (Fsp3) is 0.818. The highest BCUT2D eigenvalue weighted by Gasteiger charge is 2.37. The van der Waals surface area contributed by atoms with Gasteiger partial charge in [-0.1, -0.05) is 0 Å². The van der Waals surface area contributed by atoms with Gasteiger partial charge in [0.2, 0.25) is 0 Å². The van der Waals surface area contributed by atoms with Gasteiger partial charge in [0, 0.05) is 13.7 Å². The summed E-state index contributed by atoms with van der Waals surface area (Å²) in [5.74, 6) is -1.38. The van der Waals surface area contributed by atoms with Crippen molar-refractivity contribution in [2.45, 2.75) is 37.4 Å². The van der Waals surface area contributed by atoms with Crippen LogP contribution in [0, 0.1) is 0 Å². The van der Waals surface area contributed by atoms with E-state index in [0.29, 0.717) is 6.54 Å². The van der Waals surface area contributed by atoms with Gasteiger partial charge in [0.1, 0.15) is 0 Å². The summed E-state index contributed by atoms with van der Waals surface area (Å²) < 4.78 is 5.32. The van der Waals surface area contributed by atoms with Crippen LogP contribution in [0.2, 0.25) is 0 Å². The normalized spacial score (nSPS) is 20.4. The summed E-state index contributed by atoms with van der Waals surface area (Å²) in [4.78, 5) is 22.0. The van der Waals surface area contributed by atoms with Crippen LogP contribution in [-0.4, -0.2) is 53.6 Å². The van der Waals surface area contributed by atoms with Gasteiger partial charge in [0.05, 0.1) is 12.1 Å². The standard InChI is InChI=1S/C11H20N2O5/c1-10(17,8(14)15)6-12-9(16)13-7-11(18-2)4-3-5-11/h17H,3-7H2,1-2H3,(H,14,15)(H2,12,13,16). The molecule has 0 aromatic rings. The number of aliphatic carboxylic acids is 1. The third kappa shape index (κ3) is 3.58. The van der Waals surface area contributed by atoms with E-state index < -0.39 is 17.6 Å². The van der Waals surface area contributed by atoms with E-state index in [2.05, 4.69) is 10.6 Å². The fourth-order valence-corrected chi connectivity index (χ4v) is 1.66. The van der Waals surface area contributed by atoms with Gasteiger partial charge in [-0.15, -0.1) is 0 Å². The average molecular weight is 260 g/mol. The molecular weight excluding hydrogens is 240 g/mol. The largest absolute Gasteiger partial charge is 0.479 e. The summed E-state index contributed by atoms with van der Waals surface area (Å²) in [7, 11) is 1.61. The molecule has 1 unspecified atom stereocenters. The second kappa shape index (κ2) is 5.53. The number of nitrogens with one attached hydrogen (secondary N) is 2. The molecule has 0 aliphatic heterocycles. The van der Waals surface area contributed by atoms with Crippen LogP contribution in [0.25, 0.3) is 0 Å². The van der Waals surface area contributed by atoms with Crippen LogP contribution in [-0.2, 0) is 9.53 Å². The van der Waals surface area contributed by atoms with Gasteiger partial charge in [-0.05, 0) is 26.2 Å². The van der Waals surface area contributed by atoms with E-state index in [0.717, 1.165) is 26.2 Å². The molecule has 0 radical (unpaired) electrons. The second-order valence-electron chi connectivity index (χ2n) is 4.86. The molecular formula is C11H20N2O5. The van der Waals surface area contributed by atoms with E-state index in [9.17, 15) is 14.7 Å². The van der Waals surface area contributed by atoms with E-state index in [1.54, 1.807) is 7.11 Å². The Morgan fingerprint density at radius 1 is 1.39 bits per heavy atom. The first kappa shape index (κ1) is 14.7. The molecule has 1 saturated carbocycles. The highest BCUT2D eigenvalue weighted by molar-refractivity contribution is 5.79. The molecule has 0 aromatic heterocycles. The molecule has 1 aliphatic carbocycles. The summed E-state index contributed by atoms with van der Waals surface area (Å²) in [6.07, 6.45) is 2.87. The lowest BCUT2D eigenvalue weighted by Crippen LogP contribution is -2.54. The Labute approximate surface area is 106 Å². The number of aliphatic hydroxyl groups is 1. The quantitative estimate of drug-likeness (QED) is 0.524. The van der Waals surface area contributed by atoms with Crippen molar-refractivity contribution in [3.05, 3.63) is 0 Å². The molecule has 0 spiro atoms. The van der Waals surface area contributed by atoms with Crippen LogP contribution < -0.4 is 10.6 Å². The molecule has 1 rings (SSSR count). The third-order valence-electron chi connectivity index (χ3n) is 3.32. The maximum absolute atomic E-state index is 11.4. The minimum atomic E-state index is -1.97. The van der Waals surface area contributed by atoms with Gasteiger partial charge in [-0.25, -0.2) is 9.59 Å². The van der Waals surface area contributed by atoms with E-state index >= 15 is 0 Å². The average Bonchev–Trinajstić information content (AvgIpc) is 2.25. The first-order chi connectivity index (χ1) is 8.31. The molecule has 0 aromatic carbocycles. The molecule has 1 atom stereocenters. The maximum Gasteiger partial charge on any atom is 0.337 e. The Kier molecular flexibility index (Phi) is 4.53. The lowest BCUT2D eigenvalue weighted by Gasteiger charge is -2.40. The number of carbonyl (C=O) groups is 2. The molecule has 7 heteroatoms. The lowest BCUT2D eigenvalue weighted by molar-refractivity contribution is -0.155. The highest BCUT2D eigenvalue weighted by Crippen LogP contribution is 2.34. The highest BCUT2D eigenvalue weighted by atomic mass is 16.5. The van der Waals surface area contributed by atoms with E-state index in [1.807, 2.05) is 0 Å². The zero-order valence-electron chi connectivity index (χ0n) is 10.7. The van der Waals surface area contributed by atoms with Crippen molar-refractivity contribution < 1.29 is 24.5 Å². The van der Waals surface area contributed by atoms with Gasteiger partial charge in [0.25, 0.3) is 0 Å². The van der Waals surface area contributed by atoms with Crippen LogP contribution >= 0.6 is 0 Å². The second-order valence-corrected chi connectivity index (χ2v) is 4.86. The first-order valence-corrected chi connectivity index (χ1v) is 5.84. The Bertz CT molecular complexity index is 320. The van der Waals surface area contributed by atoms with Crippen molar-refractivity contribution in [3.63, 3.8) is 0 Å². The number of methoxy groups -OCH3 is 1. The summed E-state index contributed by atoms with van der Waals surface area (Å²) in [5, 5.41) is 23.0. The van der Waals surface area contributed by atoms with E-state index in [-0.39, 0.29) is 12.1 Å². The van der Waals surface area contributed by atoms with E-state index in [4.69, 9.17) is 9.84 Å². The van der Waals surface area contributed by atoms with E-state index in [1.165, 1.54) is 0 Å². The van der Waals surface area contributed by atoms with Crippen LogP contribution in [0.5, 0.6) is 0 Å². The SMILES string of the molecule is COC1(CNC(=O)NCC(C)(O)C(=O)O)CCC1. The number of carboxylic acids is 1. The minimum absolute atomic E-state index is 0.285. The summed E-state index contributed by atoms with van der Waals surface area (Å²) >= 11 is 0. The van der Waals surface area contributed by atoms with Crippen molar-refractivity contribution in [1.82, 2.24) is 10.6 Å². The zero-order chi connectivity index (χ0) is 13.8. The summed E-state index contributed by atoms with van der Waals surface area (Å²) in [6.45, 7) is 1.15. The topological polar surface area (TPSA) is 108 Å². The predicted molar refractivity (Wildman–Crippen MR) is 63.3 cm³/mol. The number of ether oxygens (including phenoxy) is 1. The number of rotatable bonds is 6. The molecule has 7 nitrogen and oxygen atoms in total. The third-order valence-corrected chi connectivity index (χ3v) is 3.32. The van der Waals surface area contributed by atoms with Crippen molar-refractivity contribution in [3.8, 4) is 0 Å². The first-order valence-electron chi connectivity index (χ1n) is 5.84. The van der Waals surface area contributed by atoms with Crippen LogP contribution in [0.3, 0.4) is 0 Å². The Balaban J connectivity index is 2.28. The maximum atomic E-state index is 11.4. The van der Waals surface area contributed by atoms with Gasteiger partial charge < -0.3 is 25.6 Å². The predicted octanol–water partition coefficient (Wildman–Crippen LogP) is -0.310. The fourth-order valence-electron chi connectivity index (χ4n) is 1.66. The van der Waals surface area contributed by atoms with Crippen molar-refractivity contribution in [1.29, 1.82) is 0 Å². The smallest absolute Gasteiger partial charge is 0.337 e. The van der Waals surface area contributed by atoms with Crippen molar-refractivity contribution >= 4 is 12.0 Å². The van der Waals surface area contributed by atoms with Crippen LogP contribution in [0.4, 0.5) is 4.79 Å². The molecule has 1 aliphatic rings. The Morgan fingerprint density at radius 2 is 2.00 bits per heavy atom. The number of carboxylic acid groups (broad SMARTS) is 1. The van der Waals surface area contributed by atoms with Gasteiger partial charge in [0.15, 0.2) is 5.60 Å². The van der Waals surface area contributed by atoms with Gasteiger partial charge >= 0.3 is 12.0 Å². The molecule has 2 amide bonds. The summed E-state index contributed by atoms with van der Waals surface area (Å²) in [5.41, 5.74) is -2.25. The molecule has 104 valence electrons. The number of hydrogen-bond donors (Lipinski definition) is 4. The van der Waals surface area contributed by atoms with Crippen molar-refractivity contribution in [2.24, 2.45) is 0 Å². The van der Waals surface area contributed by atoms with Crippen LogP contribution in [0.1, 0.15) is 26.2 Å². The molecule has 0 bridgehead atoms.